The molecule has 0 unspecified atom stereocenters. The minimum absolute atomic E-state index is 0.130. The maximum Gasteiger partial charge on any atom is 0.352 e. The number of aromatic nitrogens is 3. The largest absolute Gasteiger partial charge is 0.352 e. The summed E-state index contributed by atoms with van der Waals surface area (Å²) in [6.45, 7) is 3.10. The zero-order valence-corrected chi connectivity index (χ0v) is 16.5. The molecule has 0 fully saturated rings. The van der Waals surface area contributed by atoms with Crippen LogP contribution < -0.4 is 16.6 Å². The van der Waals surface area contributed by atoms with E-state index in [1.807, 2.05) is 0 Å². The molecule has 9 heteroatoms. The third-order valence-electron chi connectivity index (χ3n) is 4.03. The zero-order valence-electron chi connectivity index (χ0n) is 15.7. The van der Waals surface area contributed by atoms with Crippen molar-refractivity contribution in [2.45, 2.75) is 26.4 Å². The number of amides is 1. The average Bonchev–Trinajstić information content (AvgIpc) is 2.66. The van der Waals surface area contributed by atoms with Crippen molar-refractivity contribution < 1.29 is 9.18 Å². The standard InChI is InChI=1S/C20H18ClFN4O3/c1-12(2)23-18(27)17-19(28)25(11-13-6-3-4-9-16(13)22)20(29)26(24-17)15-8-5-7-14(21)10-15/h3-10,12H,11H2,1-2H3,(H,23,27). The summed E-state index contributed by atoms with van der Waals surface area (Å²) in [5.41, 5.74) is -1.81. The van der Waals surface area contributed by atoms with Crippen LogP contribution in [0.3, 0.4) is 0 Å². The molecule has 0 radical (unpaired) electrons. The van der Waals surface area contributed by atoms with Crippen LogP contribution in [0.25, 0.3) is 5.69 Å². The van der Waals surface area contributed by atoms with Gasteiger partial charge in [0.15, 0.2) is 0 Å². The molecule has 0 spiro atoms. The van der Waals surface area contributed by atoms with Gasteiger partial charge < -0.3 is 5.32 Å². The van der Waals surface area contributed by atoms with Crippen LogP contribution in [0.2, 0.25) is 5.02 Å². The van der Waals surface area contributed by atoms with Crippen molar-refractivity contribution >= 4 is 17.5 Å². The van der Waals surface area contributed by atoms with Crippen LogP contribution in [0, 0.1) is 5.82 Å². The first-order chi connectivity index (χ1) is 13.8. The first-order valence-electron chi connectivity index (χ1n) is 8.82. The quantitative estimate of drug-likeness (QED) is 0.692. The Bertz CT molecular complexity index is 1190. The molecule has 0 aliphatic rings. The molecule has 0 aliphatic carbocycles. The van der Waals surface area contributed by atoms with E-state index in [-0.39, 0.29) is 23.8 Å². The summed E-state index contributed by atoms with van der Waals surface area (Å²) in [6.07, 6.45) is 0. The molecule has 29 heavy (non-hydrogen) atoms. The molecule has 3 rings (SSSR count). The van der Waals surface area contributed by atoms with Gasteiger partial charge in [-0.2, -0.15) is 9.78 Å². The Hall–Kier alpha value is -3.26. The summed E-state index contributed by atoms with van der Waals surface area (Å²) in [4.78, 5) is 38.3. The van der Waals surface area contributed by atoms with Crippen molar-refractivity contribution in [3.8, 4) is 5.69 Å². The van der Waals surface area contributed by atoms with E-state index < -0.39 is 28.7 Å². The summed E-state index contributed by atoms with van der Waals surface area (Å²) in [7, 11) is 0. The van der Waals surface area contributed by atoms with Crippen molar-refractivity contribution in [1.82, 2.24) is 19.7 Å². The molecule has 0 saturated carbocycles. The van der Waals surface area contributed by atoms with Crippen molar-refractivity contribution in [3.63, 3.8) is 0 Å². The van der Waals surface area contributed by atoms with Gasteiger partial charge in [-0.1, -0.05) is 35.9 Å². The van der Waals surface area contributed by atoms with Gasteiger partial charge in [0.05, 0.1) is 12.2 Å². The van der Waals surface area contributed by atoms with Crippen LogP contribution in [0.5, 0.6) is 0 Å². The lowest BCUT2D eigenvalue weighted by Crippen LogP contribution is -2.46. The van der Waals surface area contributed by atoms with Gasteiger partial charge in [-0.3, -0.25) is 14.2 Å². The van der Waals surface area contributed by atoms with Crippen molar-refractivity contribution in [2.24, 2.45) is 0 Å². The lowest BCUT2D eigenvalue weighted by Gasteiger charge is -2.13. The lowest BCUT2D eigenvalue weighted by molar-refractivity contribution is 0.0933. The summed E-state index contributed by atoms with van der Waals surface area (Å²) in [5.74, 6) is -1.30. The molecule has 2 aromatic carbocycles. The van der Waals surface area contributed by atoms with E-state index in [2.05, 4.69) is 10.4 Å². The van der Waals surface area contributed by atoms with Crippen molar-refractivity contribution in [2.75, 3.05) is 0 Å². The monoisotopic (exact) mass is 416 g/mol. The molecule has 1 amide bonds. The lowest BCUT2D eigenvalue weighted by atomic mass is 10.2. The highest BCUT2D eigenvalue weighted by molar-refractivity contribution is 6.30. The van der Waals surface area contributed by atoms with E-state index in [9.17, 15) is 18.8 Å². The highest BCUT2D eigenvalue weighted by Crippen LogP contribution is 2.13. The first kappa shape index (κ1) is 20.5. The fourth-order valence-electron chi connectivity index (χ4n) is 2.70. The topological polar surface area (TPSA) is 86.0 Å². The molecule has 3 aromatic rings. The molecular weight excluding hydrogens is 399 g/mol. The number of hydrogen-bond donors (Lipinski definition) is 1. The molecule has 1 N–H and O–H groups in total. The number of benzene rings is 2. The van der Waals surface area contributed by atoms with E-state index in [1.54, 1.807) is 38.1 Å². The van der Waals surface area contributed by atoms with Gasteiger partial charge in [0, 0.05) is 16.6 Å². The highest BCUT2D eigenvalue weighted by atomic mass is 35.5. The van der Waals surface area contributed by atoms with Gasteiger partial charge in [0.1, 0.15) is 5.82 Å². The van der Waals surface area contributed by atoms with Gasteiger partial charge in [-0.15, -0.1) is 0 Å². The van der Waals surface area contributed by atoms with Gasteiger partial charge >= 0.3 is 5.69 Å². The maximum absolute atomic E-state index is 14.1. The predicted molar refractivity (Wildman–Crippen MR) is 107 cm³/mol. The fourth-order valence-corrected chi connectivity index (χ4v) is 2.88. The number of nitrogens with one attached hydrogen (secondary N) is 1. The Labute approximate surface area is 170 Å². The van der Waals surface area contributed by atoms with Crippen molar-refractivity contribution in [1.29, 1.82) is 0 Å². The highest BCUT2D eigenvalue weighted by Gasteiger charge is 2.21. The van der Waals surface area contributed by atoms with Gasteiger partial charge in [-0.25, -0.2) is 9.18 Å². The first-order valence-corrected chi connectivity index (χ1v) is 9.20. The van der Waals surface area contributed by atoms with Crippen LogP contribution >= 0.6 is 11.6 Å². The molecule has 0 aliphatic heterocycles. The second-order valence-corrected chi connectivity index (χ2v) is 7.07. The minimum atomic E-state index is -0.908. The number of halogens is 2. The Balaban J connectivity index is 2.24. The Morgan fingerprint density at radius 2 is 1.90 bits per heavy atom. The molecule has 7 nitrogen and oxygen atoms in total. The molecule has 0 bridgehead atoms. The van der Waals surface area contributed by atoms with E-state index >= 15 is 0 Å². The van der Waals surface area contributed by atoms with Gasteiger partial charge in [-0.05, 0) is 38.1 Å². The second kappa shape index (κ2) is 8.40. The van der Waals surface area contributed by atoms with Crippen LogP contribution in [-0.2, 0) is 6.54 Å². The SMILES string of the molecule is CC(C)NC(=O)c1nn(-c2cccc(Cl)c2)c(=O)n(Cc2ccccc2F)c1=O. The maximum atomic E-state index is 14.1. The molecule has 1 aromatic heterocycles. The van der Waals surface area contributed by atoms with Crippen LogP contribution in [0.4, 0.5) is 4.39 Å². The van der Waals surface area contributed by atoms with Crippen LogP contribution in [0.1, 0.15) is 29.9 Å². The molecule has 150 valence electrons. The Kier molecular flexibility index (Phi) is 5.93. The molecule has 0 atom stereocenters. The minimum Gasteiger partial charge on any atom is -0.348 e. The average molecular weight is 417 g/mol. The van der Waals surface area contributed by atoms with E-state index in [1.165, 1.54) is 24.3 Å². The molecular formula is C20H18ClFN4O3. The molecule has 0 saturated heterocycles. The van der Waals surface area contributed by atoms with E-state index in [4.69, 9.17) is 11.6 Å². The predicted octanol–water partition coefficient (Wildman–Crippen LogP) is 2.37. The number of carbonyl (C=O) groups is 1. The normalized spacial score (nSPS) is 10.9. The Morgan fingerprint density at radius 3 is 2.55 bits per heavy atom. The number of hydrogen-bond acceptors (Lipinski definition) is 4. The summed E-state index contributed by atoms with van der Waals surface area (Å²) < 4.78 is 15.8. The number of rotatable bonds is 5. The third-order valence-corrected chi connectivity index (χ3v) is 4.27. The summed E-state index contributed by atoms with van der Waals surface area (Å²) in [6, 6.07) is 11.8. The zero-order chi connectivity index (χ0) is 21.1. The van der Waals surface area contributed by atoms with Gasteiger partial charge in [0.25, 0.3) is 11.5 Å². The fraction of sp³-hybridized carbons (Fsp3) is 0.200. The Morgan fingerprint density at radius 1 is 1.17 bits per heavy atom. The molecule has 1 heterocycles. The number of carbonyl (C=O) groups excluding carboxylic acids is 1. The second-order valence-electron chi connectivity index (χ2n) is 6.63. The number of nitrogens with zero attached hydrogens (tertiary/aromatic N) is 3. The summed E-state index contributed by atoms with van der Waals surface area (Å²) in [5, 5.41) is 6.89. The van der Waals surface area contributed by atoms with Crippen molar-refractivity contribution in [3.05, 3.63) is 91.5 Å². The van der Waals surface area contributed by atoms with E-state index in [0.29, 0.717) is 5.02 Å². The smallest absolute Gasteiger partial charge is 0.348 e. The van der Waals surface area contributed by atoms with E-state index in [0.717, 1.165) is 9.25 Å². The van der Waals surface area contributed by atoms with Gasteiger partial charge in [0.2, 0.25) is 5.69 Å². The van der Waals surface area contributed by atoms with Crippen LogP contribution in [0.15, 0.2) is 58.1 Å². The third kappa shape index (κ3) is 4.43. The summed E-state index contributed by atoms with van der Waals surface area (Å²) >= 11 is 6.00. The van der Waals surface area contributed by atoms with Crippen LogP contribution in [-0.4, -0.2) is 26.3 Å².